The predicted molar refractivity (Wildman–Crippen MR) is 157 cm³/mol. The van der Waals surface area contributed by atoms with Crippen LogP contribution >= 0.6 is 0 Å². The highest BCUT2D eigenvalue weighted by molar-refractivity contribution is 5.64. The molecule has 4 atom stereocenters. The van der Waals surface area contributed by atoms with Crippen LogP contribution in [0.15, 0.2) is 24.3 Å². The lowest BCUT2D eigenvalue weighted by atomic mass is 9.91. The van der Waals surface area contributed by atoms with Gasteiger partial charge >= 0.3 is 0 Å². The fourth-order valence-corrected chi connectivity index (χ4v) is 6.19. The van der Waals surface area contributed by atoms with E-state index in [1.54, 1.807) is 0 Å². The summed E-state index contributed by atoms with van der Waals surface area (Å²) in [5.41, 5.74) is 11.5. The lowest BCUT2D eigenvalue weighted by molar-refractivity contribution is 0.388. The number of rotatable bonds is 16. The molecule has 39 heavy (non-hydrogen) atoms. The van der Waals surface area contributed by atoms with Crippen molar-refractivity contribution in [3.05, 3.63) is 57.6 Å². The molecule has 4 heterocycles. The van der Waals surface area contributed by atoms with E-state index in [2.05, 4.69) is 61.8 Å². The zero-order valence-corrected chi connectivity index (χ0v) is 24.3. The number of benzene rings is 2. The number of nitrogens with zero attached hydrogens (tertiary/aromatic N) is 2. The van der Waals surface area contributed by atoms with Crippen molar-refractivity contribution in [2.45, 2.75) is 84.2 Å². The Labute approximate surface area is 234 Å². The maximum atomic E-state index is 5.63. The first-order valence-electron chi connectivity index (χ1n) is 15.3. The van der Waals surface area contributed by atoms with E-state index in [-0.39, 0.29) is 0 Å². The molecule has 6 rings (SSSR count). The SMILES string of the molecule is CCc1cc(Cc2cc(CC)c(N(CC3CO3)CC3CO3)c(CC)c2)cc(CC)c1N(CC1CO1)CC1CO1. The highest BCUT2D eigenvalue weighted by atomic mass is 16.6. The van der Waals surface area contributed by atoms with E-state index in [1.807, 2.05) is 0 Å². The van der Waals surface area contributed by atoms with E-state index in [0.29, 0.717) is 24.4 Å². The average molecular weight is 535 g/mol. The van der Waals surface area contributed by atoms with Crippen LogP contribution in [0.4, 0.5) is 11.4 Å². The molecule has 4 aliphatic rings. The van der Waals surface area contributed by atoms with Crippen LogP contribution in [0, 0.1) is 0 Å². The third kappa shape index (κ3) is 6.79. The second-order valence-electron chi connectivity index (χ2n) is 11.7. The zero-order valence-electron chi connectivity index (χ0n) is 24.3. The van der Waals surface area contributed by atoms with Crippen molar-refractivity contribution in [2.24, 2.45) is 0 Å². The first-order valence-corrected chi connectivity index (χ1v) is 15.3. The molecule has 0 N–H and O–H groups in total. The van der Waals surface area contributed by atoms with Crippen LogP contribution in [0.1, 0.15) is 61.1 Å². The van der Waals surface area contributed by atoms with Gasteiger partial charge in [0, 0.05) is 37.6 Å². The van der Waals surface area contributed by atoms with Crippen LogP contribution < -0.4 is 9.80 Å². The van der Waals surface area contributed by atoms with Crippen LogP contribution in [0.2, 0.25) is 0 Å². The summed E-state index contributed by atoms with van der Waals surface area (Å²) in [6.45, 7) is 16.6. The molecule has 0 aliphatic carbocycles. The summed E-state index contributed by atoms with van der Waals surface area (Å²) < 4.78 is 22.5. The van der Waals surface area contributed by atoms with Gasteiger partial charge in [-0.1, -0.05) is 52.0 Å². The molecular weight excluding hydrogens is 488 g/mol. The molecule has 0 bridgehead atoms. The van der Waals surface area contributed by atoms with Gasteiger partial charge in [0.1, 0.15) is 0 Å². The Morgan fingerprint density at radius 3 is 0.974 bits per heavy atom. The molecule has 6 nitrogen and oxygen atoms in total. The van der Waals surface area contributed by atoms with E-state index in [4.69, 9.17) is 18.9 Å². The van der Waals surface area contributed by atoms with E-state index in [9.17, 15) is 0 Å². The van der Waals surface area contributed by atoms with Gasteiger partial charge in [-0.2, -0.15) is 0 Å². The van der Waals surface area contributed by atoms with Gasteiger partial charge in [-0.25, -0.2) is 0 Å². The molecule has 4 fully saturated rings. The summed E-state index contributed by atoms with van der Waals surface area (Å²) in [6.07, 6.45) is 6.57. The largest absolute Gasteiger partial charge is 0.371 e. The van der Waals surface area contributed by atoms with Gasteiger partial charge < -0.3 is 28.7 Å². The number of ether oxygens (including phenoxy) is 4. The molecule has 0 radical (unpaired) electrons. The summed E-state index contributed by atoms with van der Waals surface area (Å²) in [4.78, 5) is 5.11. The van der Waals surface area contributed by atoms with Crippen molar-refractivity contribution in [1.82, 2.24) is 0 Å². The van der Waals surface area contributed by atoms with Crippen LogP contribution in [-0.4, -0.2) is 77.0 Å². The summed E-state index contributed by atoms with van der Waals surface area (Å²) in [5, 5.41) is 0. The van der Waals surface area contributed by atoms with E-state index < -0.39 is 0 Å². The van der Waals surface area contributed by atoms with Crippen molar-refractivity contribution < 1.29 is 18.9 Å². The molecule has 0 spiro atoms. The molecule has 2 aromatic rings. The van der Waals surface area contributed by atoms with Crippen LogP contribution in [-0.2, 0) is 51.1 Å². The van der Waals surface area contributed by atoms with E-state index in [0.717, 1.165) is 84.7 Å². The number of hydrogen-bond acceptors (Lipinski definition) is 6. The summed E-state index contributed by atoms with van der Waals surface area (Å²) in [7, 11) is 0. The Morgan fingerprint density at radius 2 is 0.769 bits per heavy atom. The fraction of sp³-hybridized carbons (Fsp3) is 0.636. The topological polar surface area (TPSA) is 56.6 Å². The number of anilines is 2. The first kappa shape index (κ1) is 27.1. The zero-order chi connectivity index (χ0) is 26.9. The van der Waals surface area contributed by atoms with Crippen LogP contribution in [0.5, 0.6) is 0 Å². The highest BCUT2D eigenvalue weighted by Crippen LogP contribution is 2.35. The number of hydrogen-bond donors (Lipinski definition) is 0. The lowest BCUT2D eigenvalue weighted by Crippen LogP contribution is -2.33. The maximum Gasteiger partial charge on any atom is 0.0984 e. The number of epoxide rings is 4. The normalized spacial score (nSPS) is 24.5. The molecule has 0 aromatic heterocycles. The van der Waals surface area contributed by atoms with E-state index in [1.165, 1.54) is 44.8 Å². The summed E-state index contributed by atoms with van der Waals surface area (Å²) >= 11 is 0. The van der Waals surface area contributed by atoms with Crippen molar-refractivity contribution in [3.8, 4) is 0 Å². The van der Waals surface area contributed by atoms with Gasteiger partial charge in [0.25, 0.3) is 0 Å². The highest BCUT2D eigenvalue weighted by Gasteiger charge is 2.34. The van der Waals surface area contributed by atoms with Gasteiger partial charge in [0.05, 0.1) is 50.8 Å². The monoisotopic (exact) mass is 534 g/mol. The molecule has 0 amide bonds. The van der Waals surface area contributed by atoms with Crippen molar-refractivity contribution in [3.63, 3.8) is 0 Å². The van der Waals surface area contributed by atoms with Gasteiger partial charge in [-0.05, 0) is 65.5 Å². The molecular formula is C33H46N2O4. The molecule has 4 unspecified atom stereocenters. The molecule has 0 saturated carbocycles. The second-order valence-corrected chi connectivity index (χ2v) is 11.7. The Bertz CT molecular complexity index is 983. The van der Waals surface area contributed by atoms with Crippen LogP contribution in [0.25, 0.3) is 0 Å². The molecule has 4 saturated heterocycles. The Hall–Kier alpha value is -2.12. The minimum Gasteiger partial charge on any atom is -0.371 e. The van der Waals surface area contributed by atoms with Crippen molar-refractivity contribution >= 4 is 11.4 Å². The molecule has 6 heteroatoms. The maximum absolute atomic E-state index is 5.63. The van der Waals surface area contributed by atoms with Gasteiger partial charge in [-0.15, -0.1) is 0 Å². The molecule has 4 aliphatic heterocycles. The van der Waals surface area contributed by atoms with Gasteiger partial charge in [-0.3, -0.25) is 0 Å². The second kappa shape index (κ2) is 11.8. The number of aryl methyl sites for hydroxylation is 4. The Kier molecular flexibility index (Phi) is 8.17. The third-order valence-electron chi connectivity index (χ3n) is 8.53. The minimum absolute atomic E-state index is 0.369. The minimum atomic E-state index is 0.369. The quantitative estimate of drug-likeness (QED) is 0.290. The Morgan fingerprint density at radius 1 is 0.513 bits per heavy atom. The summed E-state index contributed by atoms with van der Waals surface area (Å²) in [5.74, 6) is 0. The van der Waals surface area contributed by atoms with E-state index >= 15 is 0 Å². The first-order chi connectivity index (χ1) is 19.1. The van der Waals surface area contributed by atoms with Gasteiger partial charge in [0.15, 0.2) is 0 Å². The Balaban J connectivity index is 1.29. The average Bonchev–Trinajstić information content (AvgIpc) is 3.76. The summed E-state index contributed by atoms with van der Waals surface area (Å²) in [6, 6.07) is 9.87. The van der Waals surface area contributed by atoms with Crippen molar-refractivity contribution in [1.29, 1.82) is 0 Å². The molecule has 2 aromatic carbocycles. The third-order valence-corrected chi connectivity index (χ3v) is 8.53. The van der Waals surface area contributed by atoms with Crippen LogP contribution in [0.3, 0.4) is 0 Å². The standard InChI is InChI=1S/C33H46N2O4/c1-5-24-10-22(11-25(6-2)32(24)34(14-28-18-36-28)15-29-19-37-29)9-23-12-26(7-3)33(27(8-4)13-23)35(16-30-20-38-30)17-31-21-39-31/h10-13,28-31H,5-9,14-21H2,1-4H3. The smallest absolute Gasteiger partial charge is 0.0984 e. The van der Waals surface area contributed by atoms with Crippen molar-refractivity contribution in [2.75, 3.05) is 62.4 Å². The fourth-order valence-electron chi connectivity index (χ4n) is 6.19. The lowest BCUT2D eigenvalue weighted by Gasteiger charge is -2.30. The van der Waals surface area contributed by atoms with Gasteiger partial charge in [0.2, 0.25) is 0 Å². The molecule has 212 valence electrons. The predicted octanol–water partition coefficient (Wildman–Crippen LogP) is 4.74.